The van der Waals surface area contributed by atoms with Crippen molar-refractivity contribution in [2.24, 2.45) is 5.92 Å². The number of rotatable bonds is 7. The third-order valence-electron chi connectivity index (χ3n) is 5.78. The van der Waals surface area contributed by atoms with Crippen molar-refractivity contribution in [3.63, 3.8) is 0 Å². The molecule has 0 aliphatic carbocycles. The smallest absolute Gasteiger partial charge is 0.255 e. The monoisotopic (exact) mass is 427 g/mol. The largest absolute Gasteiger partial charge is 0.339 e. The highest BCUT2D eigenvalue weighted by atomic mass is 35.5. The fourth-order valence-corrected chi connectivity index (χ4v) is 4.11. The van der Waals surface area contributed by atoms with E-state index in [0.717, 1.165) is 43.1 Å². The fourth-order valence-electron chi connectivity index (χ4n) is 3.92. The molecule has 2 aromatic carbocycles. The van der Waals surface area contributed by atoms with Crippen molar-refractivity contribution in [2.75, 3.05) is 31.5 Å². The summed E-state index contributed by atoms with van der Waals surface area (Å²) < 4.78 is 0. The first-order valence-corrected chi connectivity index (χ1v) is 11.1. The van der Waals surface area contributed by atoms with E-state index in [1.807, 2.05) is 50.2 Å². The molecule has 0 saturated carbocycles. The molecule has 3 rings (SSSR count). The van der Waals surface area contributed by atoms with Gasteiger partial charge in [-0.25, -0.2) is 0 Å². The number of nitrogens with one attached hydrogen (secondary N) is 1. The van der Waals surface area contributed by atoms with Gasteiger partial charge in [-0.1, -0.05) is 41.9 Å². The zero-order valence-electron chi connectivity index (χ0n) is 17.7. The van der Waals surface area contributed by atoms with E-state index in [-0.39, 0.29) is 17.7 Å². The van der Waals surface area contributed by atoms with Gasteiger partial charge in [-0.05, 0) is 63.5 Å². The second-order valence-corrected chi connectivity index (χ2v) is 8.06. The average molecular weight is 428 g/mol. The molecule has 0 aromatic heterocycles. The number of nitrogens with zero attached hydrogens (tertiary/aromatic N) is 2. The van der Waals surface area contributed by atoms with E-state index in [4.69, 9.17) is 11.6 Å². The Morgan fingerprint density at radius 3 is 2.33 bits per heavy atom. The van der Waals surface area contributed by atoms with Gasteiger partial charge in [0.2, 0.25) is 5.91 Å². The summed E-state index contributed by atoms with van der Waals surface area (Å²) in [7, 11) is 0. The van der Waals surface area contributed by atoms with Crippen molar-refractivity contribution in [1.29, 1.82) is 0 Å². The van der Waals surface area contributed by atoms with Gasteiger partial charge in [0.15, 0.2) is 0 Å². The molecule has 1 N–H and O–H groups in total. The molecule has 0 unspecified atom stereocenters. The topological polar surface area (TPSA) is 52.7 Å². The van der Waals surface area contributed by atoms with Crippen LogP contribution in [0.3, 0.4) is 0 Å². The van der Waals surface area contributed by atoms with Crippen molar-refractivity contribution in [3.8, 4) is 0 Å². The lowest BCUT2D eigenvalue weighted by Gasteiger charge is -2.31. The lowest BCUT2D eigenvalue weighted by Crippen LogP contribution is -2.38. The molecule has 2 aromatic rings. The second kappa shape index (κ2) is 10.6. The Hall–Kier alpha value is -2.37. The number of hydrogen-bond acceptors (Lipinski definition) is 3. The summed E-state index contributed by atoms with van der Waals surface area (Å²) >= 11 is 6.27. The molecule has 5 nitrogen and oxygen atoms in total. The van der Waals surface area contributed by atoms with E-state index in [9.17, 15) is 9.59 Å². The van der Waals surface area contributed by atoms with Gasteiger partial charge in [0.25, 0.3) is 5.91 Å². The molecule has 1 fully saturated rings. The third kappa shape index (κ3) is 5.41. The molecule has 1 heterocycles. The van der Waals surface area contributed by atoms with Gasteiger partial charge in [0.1, 0.15) is 0 Å². The molecular formula is C24H30ClN3O2. The lowest BCUT2D eigenvalue weighted by molar-refractivity contribution is -0.121. The van der Waals surface area contributed by atoms with Crippen LogP contribution >= 0.6 is 11.6 Å². The molecule has 30 heavy (non-hydrogen) atoms. The second-order valence-electron chi connectivity index (χ2n) is 7.65. The normalized spacial score (nSPS) is 15.0. The Morgan fingerprint density at radius 2 is 1.67 bits per heavy atom. The molecule has 0 atom stereocenters. The molecule has 0 bridgehead atoms. The van der Waals surface area contributed by atoms with E-state index in [2.05, 4.69) is 10.2 Å². The number of anilines is 1. The minimum Gasteiger partial charge on any atom is -0.339 e. The third-order valence-corrected chi connectivity index (χ3v) is 6.14. The predicted octanol–water partition coefficient (Wildman–Crippen LogP) is 4.67. The first kappa shape index (κ1) is 22.3. The SMILES string of the molecule is CCN(CC)C(=O)c1ccccc1NC(=O)C1CCN(Cc2ccccc2Cl)CC1. The summed E-state index contributed by atoms with van der Waals surface area (Å²) in [5.74, 6) is -0.109. The van der Waals surface area contributed by atoms with Gasteiger partial charge in [0, 0.05) is 30.6 Å². The molecule has 1 aliphatic rings. The number of hydrogen-bond donors (Lipinski definition) is 1. The number of amides is 2. The summed E-state index contributed by atoms with van der Waals surface area (Å²) in [6.45, 7) is 7.70. The maximum absolute atomic E-state index is 12.9. The van der Waals surface area contributed by atoms with Crippen LogP contribution < -0.4 is 5.32 Å². The number of carbonyl (C=O) groups is 2. The van der Waals surface area contributed by atoms with E-state index >= 15 is 0 Å². The summed E-state index contributed by atoms with van der Waals surface area (Å²) in [4.78, 5) is 29.8. The molecule has 6 heteroatoms. The van der Waals surface area contributed by atoms with Gasteiger partial charge >= 0.3 is 0 Å². The molecule has 0 radical (unpaired) electrons. The molecular weight excluding hydrogens is 398 g/mol. The Labute approximate surface area is 184 Å². The van der Waals surface area contributed by atoms with E-state index in [0.29, 0.717) is 24.3 Å². The van der Waals surface area contributed by atoms with Crippen molar-refractivity contribution in [2.45, 2.75) is 33.2 Å². The summed E-state index contributed by atoms with van der Waals surface area (Å²) in [6, 6.07) is 15.2. The van der Waals surface area contributed by atoms with Crippen LogP contribution in [0.4, 0.5) is 5.69 Å². The predicted molar refractivity (Wildman–Crippen MR) is 122 cm³/mol. The summed E-state index contributed by atoms with van der Waals surface area (Å²) in [5, 5.41) is 3.80. The molecule has 160 valence electrons. The van der Waals surface area contributed by atoms with Gasteiger partial charge < -0.3 is 10.2 Å². The Balaban J connectivity index is 1.59. The molecule has 1 aliphatic heterocycles. The molecule has 0 spiro atoms. The van der Waals surface area contributed by atoms with Crippen LogP contribution in [-0.2, 0) is 11.3 Å². The number of piperidine rings is 1. The number of halogens is 1. The van der Waals surface area contributed by atoms with Crippen molar-refractivity contribution in [1.82, 2.24) is 9.80 Å². The van der Waals surface area contributed by atoms with Crippen molar-refractivity contribution in [3.05, 3.63) is 64.7 Å². The van der Waals surface area contributed by atoms with Crippen LogP contribution in [0.5, 0.6) is 0 Å². The zero-order valence-corrected chi connectivity index (χ0v) is 18.5. The maximum atomic E-state index is 12.9. The van der Waals surface area contributed by atoms with E-state index in [1.165, 1.54) is 0 Å². The average Bonchev–Trinajstić information content (AvgIpc) is 2.77. The molecule has 2 amide bonds. The minimum atomic E-state index is -0.0518. The van der Waals surface area contributed by atoms with E-state index in [1.54, 1.807) is 17.0 Å². The first-order chi connectivity index (χ1) is 14.5. The quantitative estimate of drug-likeness (QED) is 0.698. The van der Waals surface area contributed by atoms with Gasteiger partial charge in [0.05, 0.1) is 11.3 Å². The summed E-state index contributed by atoms with van der Waals surface area (Å²) in [5.41, 5.74) is 2.26. The van der Waals surface area contributed by atoms with Crippen LogP contribution in [0.25, 0.3) is 0 Å². The van der Waals surface area contributed by atoms with Crippen molar-refractivity contribution >= 4 is 29.1 Å². The van der Waals surface area contributed by atoms with E-state index < -0.39 is 0 Å². The van der Waals surface area contributed by atoms with Crippen LogP contribution in [-0.4, -0.2) is 47.8 Å². The first-order valence-electron chi connectivity index (χ1n) is 10.7. The highest BCUT2D eigenvalue weighted by Gasteiger charge is 2.26. The zero-order chi connectivity index (χ0) is 21.5. The van der Waals surface area contributed by atoms with Crippen LogP contribution in [0, 0.1) is 5.92 Å². The van der Waals surface area contributed by atoms with Gasteiger partial charge in [-0.15, -0.1) is 0 Å². The highest BCUT2D eigenvalue weighted by molar-refractivity contribution is 6.31. The number of benzene rings is 2. The van der Waals surface area contributed by atoms with Crippen LogP contribution in [0.2, 0.25) is 5.02 Å². The van der Waals surface area contributed by atoms with Gasteiger partial charge in [-0.3, -0.25) is 14.5 Å². The van der Waals surface area contributed by atoms with Crippen LogP contribution in [0.1, 0.15) is 42.6 Å². The summed E-state index contributed by atoms with van der Waals surface area (Å²) in [6.07, 6.45) is 1.59. The highest BCUT2D eigenvalue weighted by Crippen LogP contribution is 2.24. The van der Waals surface area contributed by atoms with Gasteiger partial charge in [-0.2, -0.15) is 0 Å². The standard InChI is InChI=1S/C24H30ClN3O2/c1-3-28(4-2)24(30)20-10-6-8-12-22(20)26-23(29)18-13-15-27(16-14-18)17-19-9-5-7-11-21(19)25/h5-12,18H,3-4,13-17H2,1-2H3,(H,26,29). The van der Waals surface area contributed by atoms with Crippen LogP contribution in [0.15, 0.2) is 48.5 Å². The molecule has 1 saturated heterocycles. The Kier molecular flexibility index (Phi) is 7.88. The Morgan fingerprint density at radius 1 is 1.03 bits per heavy atom. The lowest BCUT2D eigenvalue weighted by atomic mass is 9.95. The maximum Gasteiger partial charge on any atom is 0.255 e. The fraction of sp³-hybridized carbons (Fsp3) is 0.417. The number of likely N-dealkylation sites (tertiary alicyclic amines) is 1. The minimum absolute atomic E-state index is 0.00723. The number of carbonyl (C=O) groups excluding carboxylic acids is 2. The Bertz CT molecular complexity index is 874. The number of para-hydroxylation sites is 1. The van der Waals surface area contributed by atoms with Crippen molar-refractivity contribution < 1.29 is 9.59 Å².